The zero-order valence-electron chi connectivity index (χ0n) is 7.80. The van der Waals surface area contributed by atoms with E-state index in [1.807, 2.05) is 5.10 Å². The standard InChI is InChI=1S/C9H6F3N3O/c10-9(11,12)7-4-2-1-3-5(8(13)16)6(4)14-15-7/h1-3H,(H2,13,16)(H,14,15). The topological polar surface area (TPSA) is 71.8 Å². The van der Waals surface area contributed by atoms with E-state index in [1.165, 1.54) is 18.2 Å². The molecule has 0 spiro atoms. The zero-order valence-corrected chi connectivity index (χ0v) is 7.80. The molecule has 0 atom stereocenters. The molecule has 1 aromatic carbocycles. The van der Waals surface area contributed by atoms with Crippen LogP contribution in [0.3, 0.4) is 0 Å². The van der Waals surface area contributed by atoms with Crippen LogP contribution in [0.1, 0.15) is 16.1 Å². The summed E-state index contributed by atoms with van der Waals surface area (Å²) >= 11 is 0. The van der Waals surface area contributed by atoms with Gasteiger partial charge in [-0.3, -0.25) is 9.89 Å². The smallest absolute Gasteiger partial charge is 0.366 e. The Morgan fingerprint density at radius 3 is 2.62 bits per heavy atom. The number of carbonyl (C=O) groups is 1. The summed E-state index contributed by atoms with van der Waals surface area (Å²) in [5, 5.41) is 5.16. The summed E-state index contributed by atoms with van der Waals surface area (Å²) in [5.74, 6) is -0.814. The van der Waals surface area contributed by atoms with E-state index in [-0.39, 0.29) is 16.5 Å². The van der Waals surface area contributed by atoms with Crippen LogP contribution in [0.4, 0.5) is 13.2 Å². The summed E-state index contributed by atoms with van der Waals surface area (Å²) in [4.78, 5) is 11.0. The lowest BCUT2D eigenvalue weighted by Gasteiger charge is -2.03. The molecule has 0 radical (unpaired) electrons. The van der Waals surface area contributed by atoms with Crippen molar-refractivity contribution in [2.45, 2.75) is 6.18 Å². The van der Waals surface area contributed by atoms with Crippen LogP contribution in [0, 0.1) is 0 Å². The highest BCUT2D eigenvalue weighted by Gasteiger charge is 2.35. The number of fused-ring (bicyclic) bond motifs is 1. The van der Waals surface area contributed by atoms with E-state index in [1.54, 1.807) is 0 Å². The lowest BCUT2D eigenvalue weighted by Crippen LogP contribution is -2.11. The molecular formula is C9H6F3N3O. The minimum atomic E-state index is -4.54. The molecule has 1 aromatic heterocycles. The number of para-hydroxylation sites is 1. The first-order valence-electron chi connectivity index (χ1n) is 4.25. The van der Waals surface area contributed by atoms with Gasteiger partial charge in [-0.05, 0) is 6.07 Å². The summed E-state index contributed by atoms with van der Waals surface area (Å²) in [5.41, 5.74) is 3.94. The molecule has 0 fully saturated rings. The highest BCUT2D eigenvalue weighted by Crippen LogP contribution is 2.33. The fraction of sp³-hybridized carbons (Fsp3) is 0.111. The lowest BCUT2D eigenvalue weighted by molar-refractivity contribution is -0.139. The fourth-order valence-electron chi connectivity index (χ4n) is 1.45. The maximum Gasteiger partial charge on any atom is 0.433 e. The first-order valence-corrected chi connectivity index (χ1v) is 4.25. The molecule has 0 unspecified atom stereocenters. The van der Waals surface area contributed by atoms with Crippen LogP contribution in [0.15, 0.2) is 18.2 Å². The number of amides is 1. The van der Waals surface area contributed by atoms with Gasteiger partial charge in [0.25, 0.3) is 5.91 Å². The molecule has 2 rings (SSSR count). The van der Waals surface area contributed by atoms with Gasteiger partial charge in [0.05, 0.1) is 5.56 Å². The Labute approximate surface area is 87.2 Å². The molecule has 0 aliphatic heterocycles. The second-order valence-corrected chi connectivity index (χ2v) is 3.16. The van der Waals surface area contributed by atoms with Crippen LogP contribution in [0.25, 0.3) is 10.9 Å². The average molecular weight is 229 g/mol. The van der Waals surface area contributed by atoms with E-state index in [4.69, 9.17) is 5.73 Å². The maximum absolute atomic E-state index is 12.5. The average Bonchev–Trinajstić information content (AvgIpc) is 2.59. The lowest BCUT2D eigenvalue weighted by atomic mass is 10.1. The number of aromatic amines is 1. The molecule has 7 heteroatoms. The van der Waals surface area contributed by atoms with Crippen LogP contribution in [-0.4, -0.2) is 16.1 Å². The number of nitrogens with one attached hydrogen (secondary N) is 1. The van der Waals surface area contributed by atoms with Gasteiger partial charge in [0.1, 0.15) is 11.2 Å². The third-order valence-electron chi connectivity index (χ3n) is 2.13. The van der Waals surface area contributed by atoms with E-state index in [0.717, 1.165) is 0 Å². The van der Waals surface area contributed by atoms with E-state index in [2.05, 4.69) is 5.10 Å². The molecule has 1 amide bonds. The minimum Gasteiger partial charge on any atom is -0.366 e. The Kier molecular flexibility index (Phi) is 2.11. The molecule has 2 aromatic rings. The second kappa shape index (κ2) is 3.22. The number of rotatable bonds is 1. The van der Waals surface area contributed by atoms with Crippen molar-refractivity contribution in [3.8, 4) is 0 Å². The van der Waals surface area contributed by atoms with Gasteiger partial charge in [0.2, 0.25) is 0 Å². The summed E-state index contributed by atoms with van der Waals surface area (Å²) < 4.78 is 37.5. The maximum atomic E-state index is 12.5. The Bertz CT molecular complexity index is 559. The van der Waals surface area contributed by atoms with Gasteiger partial charge in [-0.2, -0.15) is 18.3 Å². The molecule has 84 valence electrons. The predicted octanol–water partition coefficient (Wildman–Crippen LogP) is 1.68. The monoisotopic (exact) mass is 229 g/mol. The van der Waals surface area contributed by atoms with Gasteiger partial charge in [0, 0.05) is 5.39 Å². The van der Waals surface area contributed by atoms with Crippen LogP contribution in [-0.2, 0) is 6.18 Å². The number of halogens is 3. The number of nitrogens with zero attached hydrogens (tertiary/aromatic N) is 1. The molecule has 3 N–H and O–H groups in total. The minimum absolute atomic E-state index is 0.0377. The van der Waals surface area contributed by atoms with Gasteiger partial charge in [-0.1, -0.05) is 12.1 Å². The summed E-state index contributed by atoms with van der Waals surface area (Å²) in [6.45, 7) is 0. The second-order valence-electron chi connectivity index (χ2n) is 3.16. The molecule has 0 saturated heterocycles. The van der Waals surface area contributed by atoms with Crippen molar-refractivity contribution in [1.29, 1.82) is 0 Å². The van der Waals surface area contributed by atoms with Crippen LogP contribution >= 0.6 is 0 Å². The number of benzene rings is 1. The summed E-state index contributed by atoms with van der Waals surface area (Å²) in [7, 11) is 0. The third kappa shape index (κ3) is 1.50. The molecule has 0 saturated carbocycles. The SMILES string of the molecule is NC(=O)c1cccc2c(C(F)(F)F)[nH]nc12. The van der Waals surface area contributed by atoms with Crippen molar-refractivity contribution >= 4 is 16.8 Å². The van der Waals surface area contributed by atoms with E-state index in [0.29, 0.717) is 0 Å². The molecule has 0 aliphatic carbocycles. The molecule has 0 bridgehead atoms. The normalized spacial score (nSPS) is 11.9. The number of carbonyl (C=O) groups excluding carboxylic acids is 1. The number of aromatic nitrogens is 2. The molecule has 0 aliphatic rings. The number of hydrogen-bond acceptors (Lipinski definition) is 2. The van der Waals surface area contributed by atoms with Crippen molar-refractivity contribution in [3.05, 3.63) is 29.5 Å². The van der Waals surface area contributed by atoms with E-state index < -0.39 is 17.8 Å². The number of alkyl halides is 3. The van der Waals surface area contributed by atoms with Crippen molar-refractivity contribution in [1.82, 2.24) is 10.2 Å². The van der Waals surface area contributed by atoms with E-state index >= 15 is 0 Å². The molecule has 1 heterocycles. The van der Waals surface area contributed by atoms with Gasteiger partial charge >= 0.3 is 6.18 Å². The number of hydrogen-bond donors (Lipinski definition) is 2. The first kappa shape index (κ1) is 10.5. The Morgan fingerprint density at radius 2 is 2.06 bits per heavy atom. The molecular weight excluding hydrogens is 223 g/mol. The number of primary amides is 1. The van der Waals surface area contributed by atoms with Crippen molar-refractivity contribution in [2.24, 2.45) is 5.73 Å². The van der Waals surface area contributed by atoms with Gasteiger partial charge in [0.15, 0.2) is 0 Å². The third-order valence-corrected chi connectivity index (χ3v) is 2.13. The first-order chi connectivity index (χ1) is 7.41. The van der Waals surface area contributed by atoms with Crippen LogP contribution < -0.4 is 5.73 Å². The zero-order chi connectivity index (χ0) is 11.9. The van der Waals surface area contributed by atoms with Crippen LogP contribution in [0.5, 0.6) is 0 Å². The number of H-pyrrole nitrogens is 1. The highest BCUT2D eigenvalue weighted by molar-refractivity contribution is 6.05. The van der Waals surface area contributed by atoms with Crippen molar-refractivity contribution in [2.75, 3.05) is 0 Å². The van der Waals surface area contributed by atoms with Gasteiger partial charge in [-0.15, -0.1) is 0 Å². The fourth-order valence-corrected chi connectivity index (χ4v) is 1.45. The Morgan fingerprint density at radius 1 is 1.38 bits per heavy atom. The largest absolute Gasteiger partial charge is 0.433 e. The highest BCUT2D eigenvalue weighted by atomic mass is 19.4. The predicted molar refractivity (Wildman–Crippen MR) is 49.6 cm³/mol. The van der Waals surface area contributed by atoms with Gasteiger partial charge in [-0.25, -0.2) is 0 Å². The Balaban J connectivity index is 2.76. The number of nitrogens with two attached hydrogens (primary N) is 1. The van der Waals surface area contributed by atoms with E-state index in [9.17, 15) is 18.0 Å². The molecule has 4 nitrogen and oxygen atoms in total. The van der Waals surface area contributed by atoms with Crippen molar-refractivity contribution in [3.63, 3.8) is 0 Å². The quantitative estimate of drug-likeness (QED) is 0.780. The summed E-state index contributed by atoms with van der Waals surface area (Å²) in [6.07, 6.45) is -4.54. The molecule has 16 heavy (non-hydrogen) atoms. The Hall–Kier alpha value is -2.05. The summed E-state index contributed by atoms with van der Waals surface area (Å²) in [6, 6.07) is 3.88. The van der Waals surface area contributed by atoms with Crippen molar-refractivity contribution < 1.29 is 18.0 Å². The van der Waals surface area contributed by atoms with Gasteiger partial charge < -0.3 is 5.73 Å². The van der Waals surface area contributed by atoms with Crippen LogP contribution in [0.2, 0.25) is 0 Å².